The summed E-state index contributed by atoms with van der Waals surface area (Å²) in [5.41, 5.74) is 1.46. The Hall–Kier alpha value is -1.84. The average Bonchev–Trinajstić information content (AvgIpc) is 2.75. The molecule has 4 heteroatoms. The van der Waals surface area contributed by atoms with E-state index in [-0.39, 0.29) is 18.1 Å². The fourth-order valence-corrected chi connectivity index (χ4v) is 2.20. The summed E-state index contributed by atoms with van der Waals surface area (Å²) in [6.07, 6.45) is 1.96. The number of carbonyl (C=O) groups excluding carboxylic acids is 1. The standard InChI is InChI=1S/C14H17FN2O/c1-3-17(4-2)13(18)8-10-9-16-12-7-5-6-11(15)14(10)12/h5-7,9,16H,3-4,8H2,1-2H3. The zero-order valence-corrected chi connectivity index (χ0v) is 10.7. The van der Waals surface area contributed by atoms with Crippen LogP contribution in [0.2, 0.25) is 0 Å². The molecule has 0 atom stereocenters. The molecule has 96 valence electrons. The minimum absolute atomic E-state index is 0.0316. The van der Waals surface area contributed by atoms with Gasteiger partial charge >= 0.3 is 0 Å². The predicted molar refractivity (Wildman–Crippen MR) is 69.9 cm³/mol. The van der Waals surface area contributed by atoms with Crippen molar-refractivity contribution in [1.29, 1.82) is 0 Å². The van der Waals surface area contributed by atoms with Gasteiger partial charge in [-0.2, -0.15) is 0 Å². The molecule has 0 saturated carbocycles. The molecule has 1 aromatic heterocycles. The molecule has 18 heavy (non-hydrogen) atoms. The lowest BCUT2D eigenvalue weighted by Gasteiger charge is -2.18. The molecule has 0 saturated heterocycles. The van der Waals surface area contributed by atoms with E-state index < -0.39 is 0 Å². The van der Waals surface area contributed by atoms with E-state index in [1.165, 1.54) is 6.07 Å². The highest BCUT2D eigenvalue weighted by Crippen LogP contribution is 2.22. The Balaban J connectivity index is 2.30. The van der Waals surface area contributed by atoms with Gasteiger partial charge in [0.1, 0.15) is 5.82 Å². The number of aromatic nitrogens is 1. The first-order valence-corrected chi connectivity index (χ1v) is 6.19. The number of carbonyl (C=O) groups is 1. The maximum absolute atomic E-state index is 13.8. The van der Waals surface area contributed by atoms with Gasteiger partial charge in [0.15, 0.2) is 0 Å². The lowest BCUT2D eigenvalue weighted by molar-refractivity contribution is -0.130. The Morgan fingerprint density at radius 1 is 1.33 bits per heavy atom. The molecule has 0 aliphatic rings. The molecule has 2 aromatic rings. The molecule has 1 amide bonds. The minimum atomic E-state index is -0.281. The average molecular weight is 248 g/mol. The van der Waals surface area contributed by atoms with Crippen molar-refractivity contribution in [3.63, 3.8) is 0 Å². The van der Waals surface area contributed by atoms with Crippen LogP contribution in [0.3, 0.4) is 0 Å². The molecule has 1 aromatic carbocycles. The van der Waals surface area contributed by atoms with Crippen molar-refractivity contribution in [1.82, 2.24) is 9.88 Å². The summed E-state index contributed by atoms with van der Waals surface area (Å²) < 4.78 is 13.8. The van der Waals surface area contributed by atoms with Crippen LogP contribution in [0, 0.1) is 5.82 Å². The number of hydrogen-bond acceptors (Lipinski definition) is 1. The number of hydrogen-bond donors (Lipinski definition) is 1. The van der Waals surface area contributed by atoms with Crippen molar-refractivity contribution >= 4 is 16.8 Å². The molecule has 0 radical (unpaired) electrons. The number of halogens is 1. The van der Waals surface area contributed by atoms with Crippen LogP contribution in [0.1, 0.15) is 19.4 Å². The van der Waals surface area contributed by atoms with Crippen LogP contribution in [-0.4, -0.2) is 28.9 Å². The van der Waals surface area contributed by atoms with Crippen molar-refractivity contribution in [2.45, 2.75) is 20.3 Å². The summed E-state index contributed by atoms with van der Waals surface area (Å²) in [6.45, 7) is 5.24. The van der Waals surface area contributed by atoms with Crippen LogP contribution < -0.4 is 0 Å². The number of rotatable bonds is 4. The first-order valence-electron chi connectivity index (χ1n) is 6.19. The van der Waals surface area contributed by atoms with Crippen LogP contribution in [0.4, 0.5) is 4.39 Å². The molecule has 0 bridgehead atoms. The molecular formula is C14H17FN2O. The van der Waals surface area contributed by atoms with Crippen LogP contribution in [0.5, 0.6) is 0 Å². The molecule has 0 fully saturated rings. The maximum Gasteiger partial charge on any atom is 0.227 e. The van der Waals surface area contributed by atoms with Crippen LogP contribution in [0.25, 0.3) is 10.9 Å². The van der Waals surface area contributed by atoms with Crippen LogP contribution in [0.15, 0.2) is 24.4 Å². The Morgan fingerprint density at radius 3 is 2.72 bits per heavy atom. The van der Waals surface area contributed by atoms with Gasteiger partial charge in [-0.25, -0.2) is 4.39 Å². The fourth-order valence-electron chi connectivity index (χ4n) is 2.20. The SMILES string of the molecule is CCN(CC)C(=O)Cc1c[nH]c2cccc(F)c12. The third-order valence-electron chi connectivity index (χ3n) is 3.19. The highest BCUT2D eigenvalue weighted by atomic mass is 19.1. The normalized spacial score (nSPS) is 10.8. The van der Waals surface area contributed by atoms with E-state index in [4.69, 9.17) is 0 Å². The topological polar surface area (TPSA) is 36.1 Å². The lowest BCUT2D eigenvalue weighted by atomic mass is 10.1. The van der Waals surface area contributed by atoms with Gasteiger partial charge < -0.3 is 9.88 Å². The van der Waals surface area contributed by atoms with Gasteiger partial charge in [0, 0.05) is 30.2 Å². The first-order chi connectivity index (χ1) is 8.67. The summed E-state index contributed by atoms with van der Waals surface area (Å²) in [6, 6.07) is 4.88. The third-order valence-corrected chi connectivity index (χ3v) is 3.19. The number of nitrogens with zero attached hydrogens (tertiary/aromatic N) is 1. The lowest BCUT2D eigenvalue weighted by Crippen LogP contribution is -2.31. The van der Waals surface area contributed by atoms with Crippen molar-refractivity contribution in [3.05, 3.63) is 35.8 Å². The third kappa shape index (κ3) is 2.23. The van der Waals surface area contributed by atoms with E-state index in [9.17, 15) is 9.18 Å². The first kappa shape index (κ1) is 12.6. The Bertz CT molecular complexity index is 558. The van der Waals surface area contributed by atoms with Crippen molar-refractivity contribution in [3.8, 4) is 0 Å². The van der Waals surface area contributed by atoms with Crippen molar-refractivity contribution in [2.75, 3.05) is 13.1 Å². The Labute approximate surface area is 106 Å². The maximum atomic E-state index is 13.8. The monoisotopic (exact) mass is 248 g/mol. The molecule has 1 heterocycles. The van der Waals surface area contributed by atoms with Gasteiger partial charge in [0.25, 0.3) is 0 Å². The molecule has 2 rings (SSSR count). The van der Waals surface area contributed by atoms with E-state index in [0.717, 1.165) is 11.1 Å². The molecule has 3 nitrogen and oxygen atoms in total. The van der Waals surface area contributed by atoms with Crippen molar-refractivity contribution in [2.24, 2.45) is 0 Å². The van der Waals surface area contributed by atoms with Gasteiger partial charge in [-0.15, -0.1) is 0 Å². The second-order valence-electron chi connectivity index (χ2n) is 4.22. The largest absolute Gasteiger partial charge is 0.361 e. The zero-order valence-electron chi connectivity index (χ0n) is 10.7. The van der Waals surface area contributed by atoms with Gasteiger partial charge in [0.05, 0.1) is 6.42 Å². The summed E-state index contributed by atoms with van der Waals surface area (Å²) in [4.78, 5) is 16.8. The molecular weight excluding hydrogens is 231 g/mol. The van der Waals surface area contributed by atoms with Crippen molar-refractivity contribution < 1.29 is 9.18 Å². The number of amides is 1. The molecule has 0 unspecified atom stereocenters. The van der Waals surface area contributed by atoms with E-state index in [1.54, 1.807) is 17.2 Å². The smallest absolute Gasteiger partial charge is 0.227 e. The van der Waals surface area contributed by atoms with Gasteiger partial charge in [-0.05, 0) is 31.5 Å². The Morgan fingerprint density at radius 2 is 2.06 bits per heavy atom. The summed E-state index contributed by atoms with van der Waals surface area (Å²) in [5.74, 6) is -0.250. The molecule has 0 aliphatic heterocycles. The summed E-state index contributed by atoms with van der Waals surface area (Å²) in [5, 5.41) is 0.526. The van der Waals surface area contributed by atoms with E-state index in [1.807, 2.05) is 19.9 Å². The second kappa shape index (κ2) is 5.21. The number of aromatic amines is 1. The summed E-state index contributed by atoms with van der Waals surface area (Å²) in [7, 11) is 0. The van der Waals surface area contributed by atoms with E-state index in [2.05, 4.69) is 4.98 Å². The summed E-state index contributed by atoms with van der Waals surface area (Å²) >= 11 is 0. The fraction of sp³-hybridized carbons (Fsp3) is 0.357. The van der Waals surface area contributed by atoms with E-state index in [0.29, 0.717) is 18.5 Å². The molecule has 0 aliphatic carbocycles. The van der Waals surface area contributed by atoms with Gasteiger partial charge in [-0.3, -0.25) is 4.79 Å². The van der Waals surface area contributed by atoms with Gasteiger partial charge in [0.2, 0.25) is 5.91 Å². The van der Waals surface area contributed by atoms with Gasteiger partial charge in [-0.1, -0.05) is 6.07 Å². The quantitative estimate of drug-likeness (QED) is 0.887. The number of benzene rings is 1. The predicted octanol–water partition coefficient (Wildman–Crippen LogP) is 2.72. The number of nitrogens with one attached hydrogen (secondary N) is 1. The number of fused-ring (bicyclic) bond motifs is 1. The second-order valence-corrected chi connectivity index (χ2v) is 4.22. The zero-order chi connectivity index (χ0) is 13.1. The van der Waals surface area contributed by atoms with Crippen LogP contribution in [-0.2, 0) is 11.2 Å². The molecule has 0 spiro atoms. The van der Waals surface area contributed by atoms with E-state index >= 15 is 0 Å². The molecule has 1 N–H and O–H groups in total. The number of H-pyrrole nitrogens is 1. The highest BCUT2D eigenvalue weighted by molar-refractivity contribution is 5.89. The Kier molecular flexibility index (Phi) is 3.65. The van der Waals surface area contributed by atoms with Crippen LogP contribution >= 0.6 is 0 Å². The highest BCUT2D eigenvalue weighted by Gasteiger charge is 2.15. The number of likely N-dealkylation sites (N-methyl/N-ethyl adjacent to an activating group) is 1. The minimum Gasteiger partial charge on any atom is -0.361 e.